The minimum Gasteiger partial charge on any atom is -0.319 e. The molecule has 3 aromatic rings. The summed E-state index contributed by atoms with van der Waals surface area (Å²) in [5.74, 6) is -0.174. The minimum atomic E-state index is -0.174. The number of carbonyl (C=O) groups excluding carboxylic acids is 1. The highest BCUT2D eigenvalue weighted by atomic mass is 32.1. The number of para-hydroxylation sites is 1. The second-order valence-electron chi connectivity index (χ2n) is 3.81. The summed E-state index contributed by atoms with van der Waals surface area (Å²) in [6, 6.07) is 11.7. The molecule has 0 spiro atoms. The van der Waals surface area contributed by atoms with Crippen LogP contribution in [0.3, 0.4) is 0 Å². The molecule has 90 valence electrons. The summed E-state index contributed by atoms with van der Waals surface area (Å²) in [6.07, 6.45) is 0. The summed E-state index contributed by atoms with van der Waals surface area (Å²) < 4.78 is 3.09. The Hall–Kier alpha value is -1.72. The van der Waals surface area contributed by atoms with Gasteiger partial charge in [-0.05, 0) is 23.6 Å². The molecule has 1 aromatic carbocycles. The lowest BCUT2D eigenvalue weighted by Gasteiger charge is -1.93. The van der Waals surface area contributed by atoms with Gasteiger partial charge in [-0.25, -0.2) is 0 Å². The highest BCUT2D eigenvalue weighted by Gasteiger charge is 2.07. The van der Waals surface area contributed by atoms with Crippen LogP contribution in [0.1, 0.15) is 9.67 Å². The van der Waals surface area contributed by atoms with E-state index >= 15 is 0 Å². The van der Waals surface area contributed by atoms with Crippen LogP contribution in [-0.2, 0) is 7.05 Å². The van der Waals surface area contributed by atoms with Crippen molar-refractivity contribution in [1.29, 1.82) is 0 Å². The largest absolute Gasteiger partial charge is 0.319 e. The highest BCUT2D eigenvalue weighted by Crippen LogP contribution is 2.16. The van der Waals surface area contributed by atoms with Crippen molar-refractivity contribution in [3.8, 4) is 0 Å². The third-order valence-corrected chi connectivity index (χ3v) is 4.61. The summed E-state index contributed by atoms with van der Waals surface area (Å²) in [7, 11) is 1.93. The van der Waals surface area contributed by atoms with Crippen molar-refractivity contribution in [3.63, 3.8) is 0 Å². The maximum atomic E-state index is 11.9. The number of carbonyl (C=O) groups is 1. The molecule has 0 aliphatic carbocycles. The zero-order valence-electron chi connectivity index (χ0n) is 9.66. The molecule has 2 aromatic heterocycles. The van der Waals surface area contributed by atoms with E-state index in [1.54, 1.807) is 6.07 Å². The Morgan fingerprint density at radius 3 is 2.78 bits per heavy atom. The van der Waals surface area contributed by atoms with E-state index in [1.807, 2.05) is 47.3 Å². The molecule has 0 unspecified atom stereocenters. The summed E-state index contributed by atoms with van der Waals surface area (Å²) >= 11 is 2.94. The summed E-state index contributed by atoms with van der Waals surface area (Å²) in [6.45, 7) is 0. The Labute approximate surface area is 112 Å². The smallest absolute Gasteiger partial charge is 0.289 e. The average Bonchev–Trinajstić information content (AvgIpc) is 3.00. The zero-order valence-corrected chi connectivity index (χ0v) is 11.3. The van der Waals surface area contributed by atoms with Crippen molar-refractivity contribution >= 4 is 38.8 Å². The first kappa shape index (κ1) is 11.4. The third kappa shape index (κ3) is 1.91. The molecular weight excluding hydrogens is 264 g/mol. The molecule has 0 aliphatic rings. The number of hydrogen-bond donors (Lipinski definition) is 0. The van der Waals surface area contributed by atoms with Crippen LogP contribution in [0.25, 0.3) is 10.2 Å². The maximum absolute atomic E-state index is 11.9. The first-order valence-corrected chi connectivity index (χ1v) is 7.12. The van der Waals surface area contributed by atoms with Gasteiger partial charge in [-0.15, -0.1) is 11.3 Å². The molecule has 18 heavy (non-hydrogen) atoms. The molecule has 0 fully saturated rings. The quantitative estimate of drug-likeness (QED) is 0.671. The number of amides is 1. The first-order valence-electron chi connectivity index (χ1n) is 5.43. The van der Waals surface area contributed by atoms with Gasteiger partial charge in [0.25, 0.3) is 5.91 Å². The number of hydrogen-bond acceptors (Lipinski definition) is 3. The first-order chi connectivity index (χ1) is 8.75. The fourth-order valence-electron chi connectivity index (χ4n) is 1.73. The van der Waals surface area contributed by atoms with Crippen LogP contribution in [0.2, 0.25) is 0 Å². The molecule has 0 saturated heterocycles. The predicted molar refractivity (Wildman–Crippen MR) is 75.0 cm³/mol. The zero-order chi connectivity index (χ0) is 12.5. The van der Waals surface area contributed by atoms with E-state index in [9.17, 15) is 4.79 Å². The Morgan fingerprint density at radius 1 is 1.22 bits per heavy atom. The van der Waals surface area contributed by atoms with Gasteiger partial charge in [0.1, 0.15) is 0 Å². The Bertz CT molecular complexity index is 766. The summed E-state index contributed by atoms with van der Waals surface area (Å²) in [5.41, 5.74) is 1.10. The molecular formula is C13H10N2OS2. The number of fused-ring (bicyclic) bond motifs is 1. The van der Waals surface area contributed by atoms with Crippen molar-refractivity contribution in [2.45, 2.75) is 0 Å². The molecule has 3 nitrogen and oxygen atoms in total. The van der Waals surface area contributed by atoms with Gasteiger partial charge in [0.15, 0.2) is 4.80 Å². The van der Waals surface area contributed by atoms with Crippen LogP contribution >= 0.6 is 22.7 Å². The van der Waals surface area contributed by atoms with Crippen LogP contribution in [0.15, 0.2) is 46.8 Å². The fourth-order valence-corrected chi connectivity index (χ4v) is 3.35. The monoisotopic (exact) mass is 274 g/mol. The van der Waals surface area contributed by atoms with E-state index in [-0.39, 0.29) is 5.91 Å². The number of nitrogens with zero attached hydrogens (tertiary/aromatic N) is 2. The molecule has 0 atom stereocenters. The molecule has 0 saturated carbocycles. The molecule has 3 rings (SSSR count). The van der Waals surface area contributed by atoms with Crippen molar-refractivity contribution < 1.29 is 4.79 Å². The highest BCUT2D eigenvalue weighted by molar-refractivity contribution is 7.16. The lowest BCUT2D eigenvalue weighted by Crippen LogP contribution is -2.12. The van der Waals surface area contributed by atoms with Crippen LogP contribution in [0.4, 0.5) is 0 Å². The SMILES string of the molecule is Cn1c(=NC(=O)c2cccs2)sc2ccccc21. The van der Waals surface area contributed by atoms with Gasteiger partial charge in [0.05, 0.1) is 15.1 Å². The Kier molecular flexibility index (Phi) is 2.85. The van der Waals surface area contributed by atoms with Gasteiger partial charge in [-0.1, -0.05) is 29.5 Å². The lowest BCUT2D eigenvalue weighted by molar-refractivity contribution is 0.100. The number of benzene rings is 1. The normalized spacial score (nSPS) is 12.2. The number of rotatable bonds is 1. The van der Waals surface area contributed by atoms with Crippen LogP contribution in [0.5, 0.6) is 0 Å². The van der Waals surface area contributed by atoms with Crippen molar-refractivity contribution in [2.75, 3.05) is 0 Å². The van der Waals surface area contributed by atoms with Gasteiger partial charge in [-0.3, -0.25) is 4.79 Å². The van der Waals surface area contributed by atoms with Gasteiger partial charge >= 0.3 is 0 Å². The van der Waals surface area contributed by atoms with E-state index in [4.69, 9.17) is 0 Å². The molecule has 0 aliphatic heterocycles. The average molecular weight is 274 g/mol. The van der Waals surface area contributed by atoms with Gasteiger partial charge in [-0.2, -0.15) is 4.99 Å². The molecule has 0 N–H and O–H groups in total. The second kappa shape index (κ2) is 4.51. The van der Waals surface area contributed by atoms with Crippen LogP contribution in [-0.4, -0.2) is 10.5 Å². The van der Waals surface area contributed by atoms with E-state index < -0.39 is 0 Å². The van der Waals surface area contributed by atoms with Gasteiger partial charge < -0.3 is 4.57 Å². The standard InChI is InChI=1S/C13H10N2OS2/c1-15-9-5-2-3-6-10(9)18-13(15)14-12(16)11-7-4-8-17-11/h2-8H,1H3. The number of aromatic nitrogens is 1. The second-order valence-corrected chi connectivity index (χ2v) is 5.76. The Morgan fingerprint density at radius 2 is 2.06 bits per heavy atom. The molecule has 1 amide bonds. The van der Waals surface area contributed by atoms with E-state index in [1.165, 1.54) is 22.7 Å². The van der Waals surface area contributed by atoms with Crippen LogP contribution in [0, 0.1) is 0 Å². The van der Waals surface area contributed by atoms with Gasteiger partial charge in [0.2, 0.25) is 0 Å². The van der Waals surface area contributed by atoms with E-state index in [0.717, 1.165) is 15.0 Å². The molecule has 0 bridgehead atoms. The number of thiazole rings is 1. The lowest BCUT2D eigenvalue weighted by atomic mass is 10.3. The van der Waals surface area contributed by atoms with Crippen molar-refractivity contribution in [1.82, 2.24) is 4.57 Å². The van der Waals surface area contributed by atoms with E-state index in [2.05, 4.69) is 4.99 Å². The van der Waals surface area contributed by atoms with Crippen LogP contribution < -0.4 is 4.80 Å². The minimum absolute atomic E-state index is 0.174. The summed E-state index contributed by atoms with van der Waals surface area (Å²) in [5, 5.41) is 1.88. The summed E-state index contributed by atoms with van der Waals surface area (Å²) in [4.78, 5) is 17.5. The Balaban J connectivity index is 2.15. The number of aryl methyl sites for hydroxylation is 1. The topological polar surface area (TPSA) is 34.4 Å². The number of thiophene rings is 1. The molecule has 5 heteroatoms. The molecule has 0 radical (unpaired) electrons. The predicted octanol–water partition coefficient (Wildman–Crippen LogP) is 3.04. The van der Waals surface area contributed by atoms with Crippen molar-refractivity contribution in [2.24, 2.45) is 12.0 Å². The molecule has 2 heterocycles. The maximum Gasteiger partial charge on any atom is 0.289 e. The van der Waals surface area contributed by atoms with E-state index in [0.29, 0.717) is 4.88 Å². The third-order valence-electron chi connectivity index (χ3n) is 2.64. The van der Waals surface area contributed by atoms with Crippen molar-refractivity contribution in [3.05, 3.63) is 51.5 Å². The fraction of sp³-hybridized carbons (Fsp3) is 0.0769. The van der Waals surface area contributed by atoms with Gasteiger partial charge in [0, 0.05) is 7.05 Å².